The fraction of sp³-hybridized carbons (Fsp3) is 0.214. The van der Waals surface area contributed by atoms with E-state index in [1.54, 1.807) is 25.5 Å². The highest BCUT2D eigenvalue weighted by Crippen LogP contribution is 2.05. The second kappa shape index (κ2) is 7.23. The average molecular weight is 259 g/mol. The summed E-state index contributed by atoms with van der Waals surface area (Å²) in [7, 11) is 0. The summed E-state index contributed by atoms with van der Waals surface area (Å²) in [5.41, 5.74) is 1.82. The van der Waals surface area contributed by atoms with Gasteiger partial charge in [0.15, 0.2) is 5.69 Å². The number of amides is 1. The number of pyridine rings is 1. The zero-order valence-electron chi connectivity index (χ0n) is 11.3. The molecule has 0 aliphatic rings. The number of allylic oxidation sites excluding steroid dienone is 1. The highest BCUT2D eigenvalue weighted by Gasteiger charge is 2.16. The van der Waals surface area contributed by atoms with Crippen molar-refractivity contribution >= 4 is 17.3 Å². The number of hydrogen-bond donors (Lipinski definition) is 2. The van der Waals surface area contributed by atoms with Gasteiger partial charge in [0.25, 0.3) is 5.91 Å². The lowest BCUT2D eigenvalue weighted by Crippen LogP contribution is -2.72. The van der Waals surface area contributed by atoms with Crippen LogP contribution >= 0.6 is 0 Å². The summed E-state index contributed by atoms with van der Waals surface area (Å²) in [6.07, 6.45) is 6.43. The first-order chi connectivity index (χ1) is 9.10. The molecule has 5 heteroatoms. The number of nitrogens with zero attached hydrogens (tertiary/aromatic N) is 2. The number of nitrogens with one attached hydrogen (secondary N) is 1. The van der Waals surface area contributed by atoms with Gasteiger partial charge in [0.2, 0.25) is 0 Å². The van der Waals surface area contributed by atoms with Crippen molar-refractivity contribution in [3.05, 3.63) is 49.1 Å². The van der Waals surface area contributed by atoms with E-state index in [1.807, 2.05) is 24.4 Å². The first-order valence-electron chi connectivity index (χ1n) is 6.04. The number of nitrogens with two attached hydrogens (primary N) is 1. The maximum absolute atomic E-state index is 11.7. The molecule has 1 amide bonds. The zero-order valence-corrected chi connectivity index (χ0v) is 11.3. The topological polar surface area (TPSA) is 73.7 Å². The van der Waals surface area contributed by atoms with Gasteiger partial charge in [0.1, 0.15) is 11.9 Å². The Labute approximate surface area is 113 Å². The molecule has 19 heavy (non-hydrogen) atoms. The summed E-state index contributed by atoms with van der Waals surface area (Å²) < 4.78 is 0. The smallest absolute Gasteiger partial charge is 0.250 e. The number of carbonyl (C=O) groups excluding carboxylic acids is 1. The molecule has 0 saturated carbocycles. The van der Waals surface area contributed by atoms with Crippen LogP contribution in [0, 0.1) is 5.41 Å². The summed E-state index contributed by atoms with van der Waals surface area (Å²) in [5.74, 6) is -0.208. The minimum Gasteiger partial charge on any atom is -0.303 e. The summed E-state index contributed by atoms with van der Waals surface area (Å²) in [6.45, 7) is 7.49. The minimum atomic E-state index is -0.208. The Morgan fingerprint density at radius 2 is 2.37 bits per heavy atom. The van der Waals surface area contributed by atoms with Gasteiger partial charge >= 0.3 is 0 Å². The van der Waals surface area contributed by atoms with Gasteiger partial charge in [-0.1, -0.05) is 6.58 Å². The number of aromatic nitrogens is 1. The highest BCUT2D eigenvalue weighted by atomic mass is 16.2. The van der Waals surface area contributed by atoms with E-state index in [0.29, 0.717) is 18.0 Å². The van der Waals surface area contributed by atoms with Crippen molar-refractivity contribution < 1.29 is 10.1 Å². The molecule has 3 N–H and O–H groups in total. The lowest BCUT2D eigenvalue weighted by Gasteiger charge is -2.20. The number of rotatable bonds is 6. The lowest BCUT2D eigenvalue weighted by molar-refractivity contribution is -0.497. The van der Waals surface area contributed by atoms with Crippen LogP contribution < -0.4 is 5.32 Å². The first kappa shape index (κ1) is 14.8. The van der Waals surface area contributed by atoms with Gasteiger partial charge in [-0.25, -0.2) is 0 Å². The average Bonchev–Trinajstić information content (AvgIpc) is 2.43. The number of carbonyl (C=O) groups is 1. The van der Waals surface area contributed by atoms with Gasteiger partial charge < -0.3 is 10.3 Å². The molecule has 1 aromatic heterocycles. The van der Waals surface area contributed by atoms with Crippen LogP contribution in [0.4, 0.5) is 5.69 Å². The Kier molecular flexibility index (Phi) is 5.63. The third-order valence-corrected chi connectivity index (χ3v) is 2.55. The monoisotopic (exact) mass is 259 g/mol. The van der Waals surface area contributed by atoms with Crippen LogP contribution in [0.15, 0.2) is 49.1 Å². The Hall–Kier alpha value is -2.27. The van der Waals surface area contributed by atoms with Crippen LogP contribution in [0.2, 0.25) is 0 Å². The molecule has 0 spiro atoms. The molecule has 0 aromatic carbocycles. The molecular weight excluding hydrogens is 240 g/mol. The number of quaternary nitrogens is 1. The van der Waals surface area contributed by atoms with Gasteiger partial charge in [0.05, 0.1) is 11.9 Å². The van der Waals surface area contributed by atoms with Crippen molar-refractivity contribution in [2.45, 2.75) is 13.8 Å². The van der Waals surface area contributed by atoms with E-state index in [1.165, 1.54) is 11.0 Å². The summed E-state index contributed by atoms with van der Waals surface area (Å²) >= 11 is 0. The van der Waals surface area contributed by atoms with Crippen molar-refractivity contribution in [2.24, 2.45) is 0 Å². The Bertz CT molecular complexity index is 493. The van der Waals surface area contributed by atoms with E-state index in [-0.39, 0.29) is 5.91 Å². The second-order valence-corrected chi connectivity index (χ2v) is 3.92. The van der Waals surface area contributed by atoms with E-state index in [2.05, 4.69) is 11.6 Å². The standard InChI is InChI=1S/C14H18N4O/c1-4-14(19)18(5-2)13(11(3)15)10-17-12-7-6-8-16-9-12/h4,6-10,15,17H,1,5H2,2-3H3/p+1/b13-10+,15-11?. The maximum Gasteiger partial charge on any atom is 0.250 e. The molecule has 0 aliphatic carbocycles. The molecule has 0 bridgehead atoms. The van der Waals surface area contributed by atoms with Gasteiger partial charge in [-0.15, -0.1) is 0 Å². The number of hydrogen-bond acceptors (Lipinski definition) is 3. The van der Waals surface area contributed by atoms with Gasteiger partial charge in [-0.2, -0.15) is 0 Å². The predicted octanol–water partition coefficient (Wildman–Crippen LogP) is 1.19. The Morgan fingerprint density at radius 1 is 1.63 bits per heavy atom. The Morgan fingerprint density at radius 3 is 2.84 bits per heavy atom. The summed E-state index contributed by atoms with van der Waals surface area (Å²) in [6, 6.07) is 3.75. The minimum absolute atomic E-state index is 0.208. The van der Waals surface area contributed by atoms with Crippen LogP contribution in [0.25, 0.3) is 0 Å². The van der Waals surface area contributed by atoms with Crippen LogP contribution in [0.1, 0.15) is 13.8 Å². The van der Waals surface area contributed by atoms with E-state index >= 15 is 0 Å². The lowest BCUT2D eigenvalue weighted by atomic mass is 10.2. The molecule has 5 nitrogen and oxygen atoms in total. The Balaban J connectivity index is 2.96. The van der Waals surface area contributed by atoms with Crippen molar-refractivity contribution in [3.63, 3.8) is 0 Å². The normalized spacial score (nSPS) is 10.9. The molecule has 0 saturated heterocycles. The predicted molar refractivity (Wildman–Crippen MR) is 74.9 cm³/mol. The summed E-state index contributed by atoms with van der Waals surface area (Å²) in [4.78, 5) is 17.3. The third kappa shape index (κ3) is 4.15. The van der Waals surface area contributed by atoms with Crippen LogP contribution in [-0.4, -0.2) is 28.0 Å². The quantitative estimate of drug-likeness (QED) is 0.595. The first-order valence-corrected chi connectivity index (χ1v) is 6.04. The fourth-order valence-corrected chi connectivity index (χ4v) is 1.62. The molecule has 0 atom stereocenters. The van der Waals surface area contributed by atoms with Gasteiger partial charge in [-0.3, -0.25) is 15.1 Å². The van der Waals surface area contributed by atoms with Crippen LogP contribution in [0.3, 0.4) is 0 Å². The van der Waals surface area contributed by atoms with Crippen LogP contribution in [0.5, 0.6) is 0 Å². The summed E-state index contributed by atoms with van der Waals surface area (Å²) in [5, 5.41) is 9.62. The van der Waals surface area contributed by atoms with Crippen molar-refractivity contribution in [3.8, 4) is 0 Å². The molecule has 100 valence electrons. The maximum atomic E-state index is 11.7. The third-order valence-electron chi connectivity index (χ3n) is 2.55. The second-order valence-electron chi connectivity index (χ2n) is 3.92. The molecule has 1 aromatic rings. The molecule has 0 fully saturated rings. The van der Waals surface area contributed by atoms with Crippen molar-refractivity contribution in [1.82, 2.24) is 9.88 Å². The molecule has 1 rings (SSSR count). The highest BCUT2D eigenvalue weighted by molar-refractivity contribution is 6.01. The van der Waals surface area contributed by atoms with Crippen molar-refractivity contribution in [1.29, 1.82) is 5.41 Å². The molecule has 1 heterocycles. The van der Waals surface area contributed by atoms with Gasteiger partial charge in [0, 0.05) is 18.8 Å². The molecule has 0 aliphatic heterocycles. The van der Waals surface area contributed by atoms with Crippen molar-refractivity contribution in [2.75, 3.05) is 6.54 Å². The molecular formula is C14H19N4O+. The van der Waals surface area contributed by atoms with E-state index in [9.17, 15) is 4.79 Å². The largest absolute Gasteiger partial charge is 0.303 e. The molecule has 0 radical (unpaired) electrons. The van der Waals surface area contributed by atoms with Crippen LogP contribution in [-0.2, 0) is 4.79 Å². The van der Waals surface area contributed by atoms with E-state index < -0.39 is 0 Å². The SMILES string of the molecule is C=CC(=O)N(CC)/C(=C/[NH2+]c1cccnc1)C(C)=N. The zero-order chi connectivity index (χ0) is 14.3. The van der Waals surface area contributed by atoms with Gasteiger partial charge in [-0.05, 0) is 26.0 Å². The van der Waals surface area contributed by atoms with E-state index in [0.717, 1.165) is 5.69 Å². The number of likely N-dealkylation sites (N-methyl/N-ethyl adjacent to an activating group) is 1. The molecule has 0 unspecified atom stereocenters. The van der Waals surface area contributed by atoms with E-state index in [4.69, 9.17) is 5.41 Å². The fourth-order valence-electron chi connectivity index (χ4n) is 1.62.